The van der Waals surface area contributed by atoms with Crippen molar-refractivity contribution in [3.63, 3.8) is 0 Å². The normalized spacial score (nSPS) is 19.5. The van der Waals surface area contributed by atoms with Gasteiger partial charge in [-0.2, -0.15) is 0 Å². The molecule has 112 valence electrons. The molecule has 1 aromatic carbocycles. The molecule has 1 aromatic rings. The van der Waals surface area contributed by atoms with Gasteiger partial charge in [0.1, 0.15) is 0 Å². The molecule has 21 heavy (non-hydrogen) atoms. The first kappa shape index (κ1) is 15.0. The van der Waals surface area contributed by atoms with E-state index in [2.05, 4.69) is 10.1 Å². The summed E-state index contributed by atoms with van der Waals surface area (Å²) in [7, 11) is 1.30. The van der Waals surface area contributed by atoms with Crippen LogP contribution in [0.5, 0.6) is 0 Å². The molecule has 1 fully saturated rings. The van der Waals surface area contributed by atoms with Gasteiger partial charge in [0, 0.05) is 5.69 Å². The highest BCUT2D eigenvalue weighted by molar-refractivity contribution is 5.94. The van der Waals surface area contributed by atoms with Crippen LogP contribution in [-0.4, -0.2) is 31.6 Å². The van der Waals surface area contributed by atoms with Gasteiger partial charge >= 0.3 is 11.9 Å². The minimum atomic E-state index is -0.444. The van der Waals surface area contributed by atoms with E-state index in [0.717, 1.165) is 6.42 Å². The van der Waals surface area contributed by atoms with Crippen LogP contribution < -0.4 is 5.32 Å². The molecule has 1 aliphatic carbocycles. The molecule has 0 bridgehead atoms. The number of rotatable bonds is 5. The summed E-state index contributed by atoms with van der Waals surface area (Å²) < 4.78 is 9.50. The van der Waals surface area contributed by atoms with Crippen molar-refractivity contribution in [2.75, 3.05) is 19.0 Å². The Hall–Kier alpha value is -2.37. The second-order valence-corrected chi connectivity index (χ2v) is 5.04. The Kier molecular flexibility index (Phi) is 4.57. The predicted octanol–water partition coefficient (Wildman–Crippen LogP) is 1.61. The summed E-state index contributed by atoms with van der Waals surface area (Å²) in [5.74, 6) is -0.884. The fourth-order valence-electron chi connectivity index (χ4n) is 1.90. The number of carbonyl (C=O) groups is 3. The SMILES string of the molecule is COC(=O)c1ccc(NC(=O)COC(=O)[C@H]2C[C@@H]2C)cc1. The topological polar surface area (TPSA) is 81.7 Å². The van der Waals surface area contributed by atoms with Crippen molar-refractivity contribution in [2.24, 2.45) is 11.8 Å². The summed E-state index contributed by atoms with van der Waals surface area (Å²) >= 11 is 0. The summed E-state index contributed by atoms with van der Waals surface area (Å²) in [6, 6.07) is 6.24. The third-order valence-electron chi connectivity index (χ3n) is 3.35. The van der Waals surface area contributed by atoms with Gasteiger partial charge < -0.3 is 14.8 Å². The zero-order valence-corrected chi connectivity index (χ0v) is 11.9. The summed E-state index contributed by atoms with van der Waals surface area (Å²) in [6.07, 6.45) is 0.829. The van der Waals surface area contributed by atoms with E-state index >= 15 is 0 Å². The van der Waals surface area contributed by atoms with Crippen LogP contribution in [-0.2, 0) is 19.1 Å². The summed E-state index contributed by atoms with van der Waals surface area (Å²) in [5.41, 5.74) is 0.910. The number of anilines is 1. The number of esters is 2. The molecular formula is C15H17NO5. The number of methoxy groups -OCH3 is 1. The third-order valence-corrected chi connectivity index (χ3v) is 3.35. The second-order valence-electron chi connectivity index (χ2n) is 5.04. The average Bonchev–Trinajstić information content (AvgIpc) is 3.22. The van der Waals surface area contributed by atoms with Crippen LogP contribution >= 0.6 is 0 Å². The number of amides is 1. The molecule has 0 heterocycles. The summed E-state index contributed by atoms with van der Waals surface area (Å²) in [4.78, 5) is 34.4. The molecule has 0 radical (unpaired) electrons. The molecule has 0 unspecified atom stereocenters. The zero-order chi connectivity index (χ0) is 15.4. The quantitative estimate of drug-likeness (QED) is 0.833. The van der Waals surface area contributed by atoms with E-state index in [1.54, 1.807) is 24.3 Å². The standard InChI is InChI=1S/C15H17NO5/c1-9-7-12(9)15(19)21-8-13(17)16-11-5-3-10(4-6-11)14(18)20-2/h3-6,9,12H,7-8H2,1-2H3,(H,16,17)/t9-,12-/m0/s1. The Morgan fingerprint density at radius 3 is 2.38 bits per heavy atom. The van der Waals surface area contributed by atoms with Crippen LogP contribution in [0.1, 0.15) is 23.7 Å². The maximum Gasteiger partial charge on any atom is 0.337 e. The van der Waals surface area contributed by atoms with Gasteiger partial charge in [0.05, 0.1) is 18.6 Å². The minimum Gasteiger partial charge on any atom is -0.465 e. The highest BCUT2D eigenvalue weighted by atomic mass is 16.5. The van der Waals surface area contributed by atoms with Gasteiger partial charge in [-0.3, -0.25) is 9.59 Å². The second kappa shape index (κ2) is 6.39. The first-order valence-electron chi connectivity index (χ1n) is 6.66. The van der Waals surface area contributed by atoms with Crippen LogP contribution in [0, 0.1) is 11.8 Å². The Morgan fingerprint density at radius 1 is 1.24 bits per heavy atom. The van der Waals surface area contributed by atoms with E-state index in [4.69, 9.17) is 4.74 Å². The Morgan fingerprint density at radius 2 is 1.86 bits per heavy atom. The lowest BCUT2D eigenvalue weighted by Gasteiger charge is -2.07. The molecule has 2 rings (SSSR count). The number of hydrogen-bond acceptors (Lipinski definition) is 5. The maximum absolute atomic E-state index is 11.6. The summed E-state index contributed by atoms with van der Waals surface area (Å²) in [6.45, 7) is 1.66. The fourth-order valence-corrected chi connectivity index (χ4v) is 1.90. The van der Waals surface area contributed by atoms with Gasteiger partial charge in [-0.1, -0.05) is 6.92 Å². The van der Waals surface area contributed by atoms with Gasteiger partial charge in [-0.05, 0) is 36.6 Å². The van der Waals surface area contributed by atoms with Gasteiger partial charge in [0.15, 0.2) is 6.61 Å². The molecule has 0 aliphatic heterocycles. The first-order valence-corrected chi connectivity index (χ1v) is 6.66. The lowest BCUT2D eigenvalue weighted by atomic mass is 10.2. The van der Waals surface area contributed by atoms with E-state index < -0.39 is 11.9 Å². The first-order chi connectivity index (χ1) is 10.0. The van der Waals surface area contributed by atoms with Crippen LogP contribution in [0.4, 0.5) is 5.69 Å². The van der Waals surface area contributed by atoms with Crippen molar-refractivity contribution in [3.05, 3.63) is 29.8 Å². The molecule has 1 N–H and O–H groups in total. The van der Waals surface area contributed by atoms with E-state index in [9.17, 15) is 14.4 Å². The fraction of sp³-hybridized carbons (Fsp3) is 0.400. The van der Waals surface area contributed by atoms with Crippen molar-refractivity contribution in [2.45, 2.75) is 13.3 Å². The smallest absolute Gasteiger partial charge is 0.337 e. The average molecular weight is 291 g/mol. The molecule has 6 nitrogen and oxygen atoms in total. The highest BCUT2D eigenvalue weighted by Crippen LogP contribution is 2.38. The zero-order valence-electron chi connectivity index (χ0n) is 11.9. The van der Waals surface area contributed by atoms with Gasteiger partial charge in [0.25, 0.3) is 5.91 Å². The highest BCUT2D eigenvalue weighted by Gasteiger charge is 2.40. The van der Waals surface area contributed by atoms with Crippen molar-refractivity contribution < 1.29 is 23.9 Å². The molecule has 1 saturated carbocycles. The van der Waals surface area contributed by atoms with Crippen LogP contribution in [0.3, 0.4) is 0 Å². The minimum absolute atomic E-state index is 0.0582. The van der Waals surface area contributed by atoms with Crippen molar-refractivity contribution in [1.29, 1.82) is 0 Å². The number of carbonyl (C=O) groups excluding carboxylic acids is 3. The molecule has 0 spiro atoms. The van der Waals surface area contributed by atoms with Crippen molar-refractivity contribution >= 4 is 23.5 Å². The Labute approximate surface area is 122 Å². The molecule has 1 amide bonds. The van der Waals surface area contributed by atoms with Crippen LogP contribution in [0.2, 0.25) is 0 Å². The third kappa shape index (κ3) is 4.05. The van der Waals surface area contributed by atoms with E-state index in [1.165, 1.54) is 7.11 Å². The Bertz CT molecular complexity index is 552. The van der Waals surface area contributed by atoms with Crippen molar-refractivity contribution in [3.8, 4) is 0 Å². The van der Waals surface area contributed by atoms with Gasteiger partial charge in [0.2, 0.25) is 0 Å². The number of hydrogen-bond donors (Lipinski definition) is 1. The van der Waals surface area contributed by atoms with Gasteiger partial charge in [-0.15, -0.1) is 0 Å². The van der Waals surface area contributed by atoms with Crippen LogP contribution in [0.25, 0.3) is 0 Å². The number of benzene rings is 1. The number of ether oxygens (including phenoxy) is 2. The monoisotopic (exact) mass is 291 g/mol. The number of nitrogens with one attached hydrogen (secondary N) is 1. The maximum atomic E-state index is 11.6. The van der Waals surface area contributed by atoms with Crippen molar-refractivity contribution in [1.82, 2.24) is 0 Å². The van der Waals surface area contributed by atoms with E-state index in [0.29, 0.717) is 17.2 Å². The molecule has 6 heteroatoms. The molecule has 0 saturated heterocycles. The summed E-state index contributed by atoms with van der Waals surface area (Å²) in [5, 5.41) is 2.58. The van der Waals surface area contributed by atoms with E-state index in [1.807, 2.05) is 6.92 Å². The van der Waals surface area contributed by atoms with E-state index in [-0.39, 0.29) is 18.5 Å². The predicted molar refractivity (Wildman–Crippen MR) is 74.6 cm³/mol. The molecule has 2 atom stereocenters. The molecule has 1 aliphatic rings. The lowest BCUT2D eigenvalue weighted by molar-refractivity contribution is -0.148. The largest absolute Gasteiger partial charge is 0.465 e. The Balaban J connectivity index is 1.79. The molecular weight excluding hydrogens is 274 g/mol. The van der Waals surface area contributed by atoms with Crippen LogP contribution in [0.15, 0.2) is 24.3 Å². The van der Waals surface area contributed by atoms with Gasteiger partial charge in [-0.25, -0.2) is 4.79 Å². The lowest BCUT2D eigenvalue weighted by Crippen LogP contribution is -2.21. The molecule has 0 aromatic heterocycles.